The Balaban J connectivity index is 3.12. The molecule has 134 valence electrons. The van der Waals surface area contributed by atoms with E-state index in [-0.39, 0.29) is 22.8 Å². The zero-order valence-corrected chi connectivity index (χ0v) is 13.7. The lowest BCUT2D eigenvalue weighted by atomic mass is 10.2. The molecule has 0 bridgehead atoms. The maximum Gasteiger partial charge on any atom is 0.427 e. The average molecular weight is 347 g/mol. The molecule has 0 aliphatic carbocycles. The molecule has 0 radical (unpaired) electrons. The SMILES string of the molecule is COc1nc(N(C(=O)O)C(=O)OC(C)(C)C)ncc1CCC(F)F. The Morgan fingerprint density at radius 1 is 1.38 bits per heavy atom. The number of hydrogen-bond donors (Lipinski definition) is 1. The van der Waals surface area contributed by atoms with E-state index in [1.807, 2.05) is 0 Å². The first kappa shape index (κ1) is 19.5. The van der Waals surface area contributed by atoms with Crippen molar-refractivity contribution in [2.24, 2.45) is 0 Å². The topological polar surface area (TPSA) is 102 Å². The van der Waals surface area contributed by atoms with Crippen LogP contribution in [0.2, 0.25) is 0 Å². The van der Waals surface area contributed by atoms with Crippen LogP contribution >= 0.6 is 0 Å². The Bertz CT molecular complexity index is 605. The van der Waals surface area contributed by atoms with Gasteiger partial charge < -0.3 is 14.6 Å². The predicted octanol–water partition coefficient (Wildman–Crippen LogP) is 3.10. The Kier molecular flexibility index (Phi) is 6.38. The largest absolute Gasteiger partial charge is 0.481 e. The number of carbonyl (C=O) groups excluding carboxylic acids is 1. The van der Waals surface area contributed by atoms with Gasteiger partial charge in [-0.15, -0.1) is 4.90 Å². The summed E-state index contributed by atoms with van der Waals surface area (Å²) < 4.78 is 34.6. The molecule has 0 aliphatic rings. The number of anilines is 1. The molecule has 24 heavy (non-hydrogen) atoms. The van der Waals surface area contributed by atoms with Crippen molar-refractivity contribution in [2.75, 3.05) is 12.0 Å². The number of carbonyl (C=O) groups is 2. The number of imide groups is 1. The highest BCUT2D eigenvalue weighted by molar-refractivity contribution is 6.07. The first-order chi connectivity index (χ1) is 11.0. The Hall–Kier alpha value is -2.52. The Morgan fingerprint density at radius 2 is 2.00 bits per heavy atom. The van der Waals surface area contributed by atoms with Crippen LogP contribution in [0.1, 0.15) is 32.8 Å². The van der Waals surface area contributed by atoms with Gasteiger partial charge in [-0.1, -0.05) is 0 Å². The molecule has 0 aliphatic heterocycles. The highest BCUT2D eigenvalue weighted by Gasteiger charge is 2.31. The summed E-state index contributed by atoms with van der Waals surface area (Å²) in [5.41, 5.74) is -0.650. The van der Waals surface area contributed by atoms with Gasteiger partial charge in [0.2, 0.25) is 18.3 Å². The highest BCUT2D eigenvalue weighted by Crippen LogP contribution is 2.22. The van der Waals surface area contributed by atoms with E-state index < -0.39 is 36.6 Å². The average Bonchev–Trinajstić information content (AvgIpc) is 2.43. The molecule has 0 unspecified atom stereocenters. The molecule has 0 atom stereocenters. The molecule has 8 nitrogen and oxygen atoms in total. The van der Waals surface area contributed by atoms with Crippen LogP contribution in [-0.2, 0) is 11.2 Å². The summed E-state index contributed by atoms with van der Waals surface area (Å²) in [6.45, 7) is 4.71. The van der Waals surface area contributed by atoms with E-state index in [4.69, 9.17) is 9.47 Å². The van der Waals surface area contributed by atoms with E-state index in [1.54, 1.807) is 20.8 Å². The first-order valence-electron chi connectivity index (χ1n) is 6.99. The molecule has 1 rings (SSSR count). The van der Waals surface area contributed by atoms with Crippen LogP contribution < -0.4 is 9.64 Å². The molecule has 1 aromatic rings. The standard InChI is InChI=1S/C14H19F2N3O5/c1-14(2,3)24-13(22)19(12(20)21)11-17-7-8(5-6-9(15)16)10(18-11)23-4/h7,9H,5-6H2,1-4H3,(H,20,21). The van der Waals surface area contributed by atoms with Crippen molar-refractivity contribution in [3.05, 3.63) is 11.8 Å². The minimum Gasteiger partial charge on any atom is -0.481 e. The monoisotopic (exact) mass is 347 g/mol. The van der Waals surface area contributed by atoms with Crippen LogP contribution in [0, 0.1) is 0 Å². The lowest BCUT2D eigenvalue weighted by molar-refractivity contribution is 0.0579. The van der Waals surface area contributed by atoms with Crippen LogP contribution in [0.5, 0.6) is 5.88 Å². The molecular weight excluding hydrogens is 328 g/mol. The number of carboxylic acid groups (broad SMARTS) is 1. The fourth-order valence-electron chi connectivity index (χ4n) is 1.66. The van der Waals surface area contributed by atoms with Gasteiger partial charge in [-0.05, 0) is 27.2 Å². The number of hydrogen-bond acceptors (Lipinski definition) is 6. The number of alkyl halides is 2. The number of aromatic nitrogens is 2. The Morgan fingerprint density at radius 3 is 2.46 bits per heavy atom. The smallest absolute Gasteiger partial charge is 0.427 e. The summed E-state index contributed by atoms with van der Waals surface area (Å²) >= 11 is 0. The van der Waals surface area contributed by atoms with Crippen LogP contribution in [-0.4, -0.2) is 46.4 Å². The normalized spacial score (nSPS) is 11.3. The highest BCUT2D eigenvalue weighted by atomic mass is 19.3. The van der Waals surface area contributed by atoms with Crippen molar-refractivity contribution < 1.29 is 33.0 Å². The van der Waals surface area contributed by atoms with Gasteiger partial charge in [-0.25, -0.2) is 23.4 Å². The van der Waals surface area contributed by atoms with Gasteiger partial charge in [0.15, 0.2) is 0 Å². The second kappa shape index (κ2) is 7.84. The van der Waals surface area contributed by atoms with Gasteiger partial charge >= 0.3 is 12.2 Å². The molecular formula is C14H19F2N3O5. The molecule has 0 saturated heterocycles. The lowest BCUT2D eigenvalue weighted by Gasteiger charge is -2.23. The lowest BCUT2D eigenvalue weighted by Crippen LogP contribution is -2.41. The minimum atomic E-state index is -2.51. The fraction of sp³-hybridized carbons (Fsp3) is 0.571. The molecule has 2 amide bonds. The van der Waals surface area contributed by atoms with Crippen LogP contribution in [0.15, 0.2) is 6.20 Å². The van der Waals surface area contributed by atoms with E-state index in [0.29, 0.717) is 0 Å². The minimum absolute atomic E-state index is 0.0549. The van der Waals surface area contributed by atoms with E-state index in [2.05, 4.69) is 9.97 Å². The van der Waals surface area contributed by atoms with E-state index in [9.17, 15) is 23.5 Å². The van der Waals surface area contributed by atoms with Gasteiger partial charge in [-0.2, -0.15) is 4.98 Å². The summed E-state index contributed by atoms with van der Waals surface area (Å²) in [7, 11) is 1.25. The van der Waals surface area contributed by atoms with Gasteiger partial charge in [0.05, 0.1) is 7.11 Å². The molecule has 0 fully saturated rings. The molecule has 1 aromatic heterocycles. The van der Waals surface area contributed by atoms with Crippen molar-refractivity contribution in [2.45, 2.75) is 45.6 Å². The number of aryl methyl sites for hydroxylation is 1. The van der Waals surface area contributed by atoms with Crippen molar-refractivity contribution >= 4 is 18.1 Å². The third-order valence-electron chi connectivity index (χ3n) is 2.60. The van der Waals surface area contributed by atoms with Gasteiger partial charge in [0, 0.05) is 18.2 Å². The quantitative estimate of drug-likeness (QED) is 0.873. The van der Waals surface area contributed by atoms with Gasteiger partial charge in [0.1, 0.15) is 5.60 Å². The Labute approximate surface area is 137 Å². The summed E-state index contributed by atoms with van der Waals surface area (Å²) in [4.78, 5) is 31.1. The van der Waals surface area contributed by atoms with E-state index >= 15 is 0 Å². The fourth-order valence-corrected chi connectivity index (χ4v) is 1.66. The van der Waals surface area contributed by atoms with Crippen molar-refractivity contribution in [1.82, 2.24) is 9.97 Å². The van der Waals surface area contributed by atoms with E-state index in [1.165, 1.54) is 7.11 Å². The maximum absolute atomic E-state index is 12.3. The summed E-state index contributed by atoms with van der Waals surface area (Å²) in [6.07, 6.45) is -4.67. The molecule has 0 spiro atoms. The van der Waals surface area contributed by atoms with Gasteiger partial charge in [0.25, 0.3) is 0 Å². The van der Waals surface area contributed by atoms with Crippen molar-refractivity contribution in [3.63, 3.8) is 0 Å². The molecule has 1 heterocycles. The third kappa shape index (κ3) is 5.60. The second-order valence-corrected chi connectivity index (χ2v) is 5.73. The molecule has 1 N–H and O–H groups in total. The number of ether oxygens (including phenoxy) is 2. The molecule has 0 saturated carbocycles. The van der Waals surface area contributed by atoms with Crippen LogP contribution in [0.25, 0.3) is 0 Å². The number of halogens is 2. The zero-order chi connectivity index (χ0) is 18.5. The summed E-state index contributed by atoms with van der Waals surface area (Å²) in [6, 6.07) is 0. The number of methoxy groups -OCH3 is 1. The summed E-state index contributed by atoms with van der Waals surface area (Å²) in [5, 5.41) is 9.21. The number of rotatable bonds is 5. The van der Waals surface area contributed by atoms with E-state index in [0.717, 1.165) is 6.20 Å². The van der Waals surface area contributed by atoms with Crippen LogP contribution in [0.4, 0.5) is 24.3 Å². The van der Waals surface area contributed by atoms with Crippen LogP contribution in [0.3, 0.4) is 0 Å². The number of nitrogens with zero attached hydrogens (tertiary/aromatic N) is 3. The maximum atomic E-state index is 12.3. The van der Waals surface area contributed by atoms with Crippen molar-refractivity contribution in [3.8, 4) is 5.88 Å². The number of amides is 2. The zero-order valence-electron chi connectivity index (χ0n) is 13.7. The summed E-state index contributed by atoms with van der Waals surface area (Å²) in [5.74, 6) is -0.579. The van der Waals surface area contributed by atoms with Crippen molar-refractivity contribution in [1.29, 1.82) is 0 Å². The predicted molar refractivity (Wildman–Crippen MR) is 79.6 cm³/mol. The van der Waals surface area contributed by atoms with Gasteiger partial charge in [-0.3, -0.25) is 0 Å². The molecule has 0 aromatic carbocycles. The second-order valence-electron chi connectivity index (χ2n) is 5.73. The molecule has 10 heteroatoms. The first-order valence-corrected chi connectivity index (χ1v) is 6.99. The third-order valence-corrected chi connectivity index (χ3v) is 2.60.